The van der Waals surface area contributed by atoms with E-state index >= 15 is 0 Å². The van der Waals surface area contributed by atoms with Crippen LogP contribution >= 0.6 is 15.9 Å². The lowest BCUT2D eigenvalue weighted by molar-refractivity contribution is 0.0691. The molecule has 9 heteroatoms. The monoisotopic (exact) mass is 374 g/mol. The maximum absolute atomic E-state index is 14.1. The molecule has 0 aliphatic rings. The average molecular weight is 375 g/mol. The van der Waals surface area contributed by atoms with Crippen molar-refractivity contribution in [3.63, 3.8) is 0 Å². The fraction of sp³-hybridized carbons (Fsp3) is 0. The van der Waals surface area contributed by atoms with Gasteiger partial charge in [0.1, 0.15) is 4.90 Å². The van der Waals surface area contributed by atoms with Gasteiger partial charge in [0.15, 0.2) is 5.82 Å². The van der Waals surface area contributed by atoms with Crippen molar-refractivity contribution >= 4 is 37.6 Å². The quantitative estimate of drug-likeness (QED) is 0.856. The smallest absolute Gasteiger partial charge is 0.338 e. The lowest BCUT2D eigenvalue weighted by atomic mass is 10.2. The van der Waals surface area contributed by atoms with Gasteiger partial charge in [-0.2, -0.15) is 0 Å². The van der Waals surface area contributed by atoms with E-state index < -0.39 is 32.3 Å². The van der Waals surface area contributed by atoms with Gasteiger partial charge >= 0.3 is 5.97 Å². The van der Waals surface area contributed by atoms with E-state index in [9.17, 15) is 17.6 Å². The van der Waals surface area contributed by atoms with Gasteiger partial charge in [0.25, 0.3) is 10.0 Å². The van der Waals surface area contributed by atoms with Gasteiger partial charge in [-0.25, -0.2) is 17.6 Å². The van der Waals surface area contributed by atoms with Gasteiger partial charge in [-0.3, -0.25) is 9.71 Å². The van der Waals surface area contributed by atoms with E-state index in [1.54, 1.807) is 0 Å². The highest BCUT2D eigenvalue weighted by Gasteiger charge is 2.25. The Morgan fingerprint density at radius 2 is 1.90 bits per heavy atom. The van der Waals surface area contributed by atoms with Crippen molar-refractivity contribution in [1.29, 1.82) is 0 Å². The van der Waals surface area contributed by atoms with Crippen molar-refractivity contribution in [1.82, 2.24) is 4.98 Å². The predicted octanol–water partition coefficient (Wildman–Crippen LogP) is 2.48. The van der Waals surface area contributed by atoms with Crippen LogP contribution < -0.4 is 4.72 Å². The Hall–Kier alpha value is -2.00. The zero-order chi connectivity index (χ0) is 15.6. The minimum absolute atomic E-state index is 0.136. The number of hydrogen-bond donors (Lipinski definition) is 2. The summed E-state index contributed by atoms with van der Waals surface area (Å²) in [6.07, 6.45) is 2.72. The number of benzene rings is 1. The molecule has 21 heavy (non-hydrogen) atoms. The lowest BCUT2D eigenvalue weighted by Gasteiger charge is -2.10. The van der Waals surface area contributed by atoms with E-state index in [1.807, 2.05) is 0 Å². The van der Waals surface area contributed by atoms with E-state index in [0.29, 0.717) is 0 Å². The second-order valence-corrected chi connectivity index (χ2v) is 6.48. The Bertz CT molecular complexity index is 796. The minimum Gasteiger partial charge on any atom is -0.478 e. The fourth-order valence-corrected chi connectivity index (χ4v) is 3.34. The third-order valence-corrected chi connectivity index (χ3v) is 4.29. The van der Waals surface area contributed by atoms with Crippen LogP contribution in [-0.2, 0) is 10.0 Å². The number of carbonyl (C=O) groups is 1. The molecule has 2 N–H and O–H groups in total. The molecule has 0 saturated carbocycles. The van der Waals surface area contributed by atoms with Gasteiger partial charge in [0, 0.05) is 16.9 Å². The van der Waals surface area contributed by atoms with Crippen LogP contribution in [0, 0.1) is 5.82 Å². The topological polar surface area (TPSA) is 96.4 Å². The number of pyridine rings is 1. The van der Waals surface area contributed by atoms with Gasteiger partial charge in [-0.15, -0.1) is 0 Å². The normalized spacial score (nSPS) is 11.1. The van der Waals surface area contributed by atoms with Crippen LogP contribution in [0.2, 0.25) is 0 Å². The molecule has 0 aliphatic heterocycles. The second kappa shape index (κ2) is 5.78. The number of carboxylic acids is 1. The number of halogens is 2. The number of anilines is 1. The largest absolute Gasteiger partial charge is 0.478 e. The Morgan fingerprint density at radius 1 is 1.29 bits per heavy atom. The molecule has 110 valence electrons. The molecule has 2 rings (SSSR count). The van der Waals surface area contributed by atoms with Gasteiger partial charge in [-0.1, -0.05) is 15.9 Å². The third-order valence-electron chi connectivity index (χ3n) is 2.46. The summed E-state index contributed by atoms with van der Waals surface area (Å²) in [6.45, 7) is 0. The molecule has 6 nitrogen and oxygen atoms in total. The second-order valence-electron chi connectivity index (χ2n) is 3.91. The molecule has 0 atom stereocenters. The summed E-state index contributed by atoms with van der Waals surface area (Å²) in [6, 6.07) is 4.74. The summed E-state index contributed by atoms with van der Waals surface area (Å²) in [4.78, 5) is 13.9. The van der Waals surface area contributed by atoms with Crippen LogP contribution in [0.1, 0.15) is 10.4 Å². The summed E-state index contributed by atoms with van der Waals surface area (Å²) >= 11 is 2.96. The summed E-state index contributed by atoms with van der Waals surface area (Å²) < 4.78 is 40.7. The summed E-state index contributed by atoms with van der Waals surface area (Å²) in [5.74, 6) is -2.89. The van der Waals surface area contributed by atoms with Crippen molar-refractivity contribution < 1.29 is 22.7 Å². The summed E-state index contributed by atoms with van der Waals surface area (Å²) in [5.41, 5.74) is -0.555. The number of hydrogen-bond acceptors (Lipinski definition) is 4. The van der Waals surface area contributed by atoms with Gasteiger partial charge in [0.2, 0.25) is 0 Å². The molecule has 0 unspecified atom stereocenters. The number of aromatic nitrogens is 1. The number of aromatic carboxylic acids is 1. The number of nitrogens with one attached hydrogen (secondary N) is 1. The van der Waals surface area contributed by atoms with Crippen molar-refractivity contribution in [2.24, 2.45) is 0 Å². The van der Waals surface area contributed by atoms with Gasteiger partial charge in [-0.05, 0) is 24.3 Å². The molecule has 2 aromatic rings. The van der Waals surface area contributed by atoms with Crippen molar-refractivity contribution in [2.45, 2.75) is 4.90 Å². The maximum Gasteiger partial charge on any atom is 0.338 e. The van der Waals surface area contributed by atoms with E-state index in [-0.39, 0.29) is 10.2 Å². The first kappa shape index (κ1) is 15.4. The predicted molar refractivity (Wildman–Crippen MR) is 76.1 cm³/mol. The molecule has 0 aliphatic carbocycles. The van der Waals surface area contributed by atoms with Crippen molar-refractivity contribution in [3.05, 3.63) is 52.5 Å². The lowest BCUT2D eigenvalue weighted by Crippen LogP contribution is -2.16. The SMILES string of the molecule is O=C(O)c1cc(Br)cc(S(=O)(=O)Nc2ccncc2)c1F. The molecule has 0 bridgehead atoms. The molecule has 0 radical (unpaired) electrons. The first-order chi connectivity index (χ1) is 9.81. The van der Waals surface area contributed by atoms with Crippen LogP contribution in [0.3, 0.4) is 0 Å². The molecule has 1 aromatic heterocycles. The average Bonchev–Trinajstić information content (AvgIpc) is 2.41. The molecule has 0 fully saturated rings. The molecule has 0 amide bonds. The molecule has 0 saturated heterocycles. The molecular formula is C12H8BrFN2O4S. The van der Waals surface area contributed by atoms with Crippen LogP contribution in [0.5, 0.6) is 0 Å². The van der Waals surface area contributed by atoms with Crippen molar-refractivity contribution in [2.75, 3.05) is 4.72 Å². The molecule has 1 aromatic carbocycles. The standard InChI is InChI=1S/C12H8BrFN2O4S/c13-7-5-9(12(17)18)11(14)10(6-7)21(19,20)16-8-1-3-15-4-2-8/h1-6H,(H,15,16)(H,17,18). The number of sulfonamides is 1. The van der Waals surface area contributed by atoms with Gasteiger partial charge in [0.05, 0.1) is 11.3 Å². The first-order valence-electron chi connectivity index (χ1n) is 5.46. The highest BCUT2D eigenvalue weighted by molar-refractivity contribution is 9.10. The fourth-order valence-electron chi connectivity index (χ4n) is 1.55. The summed E-state index contributed by atoms with van der Waals surface area (Å²) in [5, 5.41) is 8.89. The molecule has 1 heterocycles. The van der Waals surface area contributed by atoms with E-state index in [0.717, 1.165) is 12.1 Å². The number of rotatable bonds is 4. The zero-order valence-corrected chi connectivity index (χ0v) is 12.6. The molecule has 0 spiro atoms. The Balaban J connectivity index is 2.53. The van der Waals surface area contributed by atoms with E-state index in [2.05, 4.69) is 25.6 Å². The van der Waals surface area contributed by atoms with E-state index in [1.165, 1.54) is 24.5 Å². The van der Waals surface area contributed by atoms with Gasteiger partial charge < -0.3 is 5.11 Å². The van der Waals surface area contributed by atoms with E-state index in [4.69, 9.17) is 5.11 Å². The zero-order valence-electron chi connectivity index (χ0n) is 10.2. The van der Waals surface area contributed by atoms with Crippen LogP contribution in [0.4, 0.5) is 10.1 Å². The number of nitrogens with zero attached hydrogens (tertiary/aromatic N) is 1. The maximum atomic E-state index is 14.1. The van der Waals surface area contributed by atoms with Crippen molar-refractivity contribution in [3.8, 4) is 0 Å². The van der Waals surface area contributed by atoms with Crippen LogP contribution in [-0.4, -0.2) is 24.5 Å². The minimum atomic E-state index is -4.27. The highest BCUT2D eigenvalue weighted by atomic mass is 79.9. The first-order valence-corrected chi connectivity index (χ1v) is 7.74. The summed E-state index contributed by atoms with van der Waals surface area (Å²) in [7, 11) is -4.27. The Morgan fingerprint density at radius 3 is 2.48 bits per heavy atom. The van der Waals surface area contributed by atoms with Crippen LogP contribution in [0.15, 0.2) is 46.0 Å². The third kappa shape index (κ3) is 3.37. The Kier molecular flexibility index (Phi) is 4.24. The molecular weight excluding hydrogens is 367 g/mol. The number of carboxylic acid groups (broad SMARTS) is 1. The van der Waals surface area contributed by atoms with Crippen LogP contribution in [0.25, 0.3) is 0 Å². The Labute approximate surface area is 127 Å². The highest BCUT2D eigenvalue weighted by Crippen LogP contribution is 2.25.